The van der Waals surface area contributed by atoms with E-state index in [0.29, 0.717) is 11.4 Å². The number of carbonyl (C=O) groups is 1. The Morgan fingerprint density at radius 2 is 1.96 bits per heavy atom. The van der Waals surface area contributed by atoms with E-state index in [-0.39, 0.29) is 17.2 Å². The van der Waals surface area contributed by atoms with Gasteiger partial charge in [-0.1, -0.05) is 12.1 Å². The molecule has 7 nitrogen and oxygen atoms in total. The van der Waals surface area contributed by atoms with Crippen LogP contribution in [0.15, 0.2) is 63.6 Å². The highest BCUT2D eigenvalue weighted by Gasteiger charge is 2.19. The summed E-state index contributed by atoms with van der Waals surface area (Å²) in [5.41, 5.74) is 0.219. The average Bonchev–Trinajstić information content (AvgIpc) is 3.07. The van der Waals surface area contributed by atoms with Crippen molar-refractivity contribution in [2.75, 3.05) is 5.32 Å². The number of nitro groups is 1. The minimum atomic E-state index is -0.497. The van der Waals surface area contributed by atoms with Crippen molar-refractivity contribution in [3.63, 3.8) is 0 Å². The summed E-state index contributed by atoms with van der Waals surface area (Å²) in [5, 5.41) is 13.7. The average molecular weight is 388 g/mol. The Morgan fingerprint density at radius 1 is 1.17 bits per heavy atom. The molecule has 120 valence electrons. The third-order valence-corrected chi connectivity index (χ3v) is 3.63. The van der Waals surface area contributed by atoms with Crippen LogP contribution in [-0.2, 0) is 0 Å². The summed E-state index contributed by atoms with van der Waals surface area (Å²) in [7, 11) is 0. The van der Waals surface area contributed by atoms with Gasteiger partial charge in [-0.3, -0.25) is 14.9 Å². The van der Waals surface area contributed by atoms with Gasteiger partial charge in [0, 0.05) is 16.7 Å². The number of nitrogens with one attached hydrogen (secondary N) is 1. The summed E-state index contributed by atoms with van der Waals surface area (Å²) in [4.78, 5) is 26.8. The number of para-hydroxylation sites is 1. The maximum Gasteiger partial charge on any atom is 0.292 e. The molecule has 1 amide bonds. The SMILES string of the molecule is O=C(Nc1ccc(Br)cn1)c1ccc(-c2ccccc2[N+](=O)[O-])o1. The van der Waals surface area contributed by atoms with Gasteiger partial charge >= 0.3 is 0 Å². The highest BCUT2D eigenvalue weighted by molar-refractivity contribution is 9.10. The van der Waals surface area contributed by atoms with Crippen molar-refractivity contribution >= 4 is 33.3 Å². The second kappa shape index (κ2) is 6.63. The fourth-order valence-electron chi connectivity index (χ4n) is 2.07. The van der Waals surface area contributed by atoms with Gasteiger partial charge in [-0.05, 0) is 46.3 Å². The predicted molar refractivity (Wildman–Crippen MR) is 90.7 cm³/mol. The molecule has 0 unspecified atom stereocenters. The van der Waals surface area contributed by atoms with Gasteiger partial charge in [-0.25, -0.2) is 4.98 Å². The summed E-state index contributed by atoms with van der Waals surface area (Å²) in [6.07, 6.45) is 1.55. The number of pyridine rings is 1. The highest BCUT2D eigenvalue weighted by atomic mass is 79.9. The lowest BCUT2D eigenvalue weighted by Crippen LogP contribution is -2.11. The Balaban J connectivity index is 1.84. The van der Waals surface area contributed by atoms with Crippen LogP contribution >= 0.6 is 15.9 Å². The molecule has 0 radical (unpaired) electrons. The van der Waals surface area contributed by atoms with Crippen LogP contribution in [0.1, 0.15) is 10.6 Å². The van der Waals surface area contributed by atoms with Crippen LogP contribution in [0, 0.1) is 10.1 Å². The van der Waals surface area contributed by atoms with Gasteiger partial charge in [0.2, 0.25) is 0 Å². The molecular formula is C16H10BrN3O4. The van der Waals surface area contributed by atoms with E-state index < -0.39 is 10.8 Å². The molecule has 0 saturated heterocycles. The van der Waals surface area contributed by atoms with Crippen molar-refractivity contribution in [3.05, 3.63) is 75.1 Å². The first kappa shape index (κ1) is 15.9. The van der Waals surface area contributed by atoms with E-state index in [2.05, 4.69) is 26.2 Å². The van der Waals surface area contributed by atoms with Crippen molar-refractivity contribution in [2.24, 2.45) is 0 Å². The van der Waals surface area contributed by atoms with E-state index in [1.54, 1.807) is 36.5 Å². The number of benzene rings is 1. The van der Waals surface area contributed by atoms with Crippen LogP contribution in [0.2, 0.25) is 0 Å². The molecule has 0 atom stereocenters. The van der Waals surface area contributed by atoms with E-state index >= 15 is 0 Å². The largest absolute Gasteiger partial charge is 0.451 e. The fourth-order valence-corrected chi connectivity index (χ4v) is 2.31. The van der Waals surface area contributed by atoms with Crippen molar-refractivity contribution in [2.45, 2.75) is 0 Å². The smallest absolute Gasteiger partial charge is 0.292 e. The van der Waals surface area contributed by atoms with Crippen LogP contribution in [-0.4, -0.2) is 15.8 Å². The molecule has 0 aliphatic rings. The molecule has 1 N–H and O–H groups in total. The number of halogens is 1. The number of rotatable bonds is 4. The monoisotopic (exact) mass is 387 g/mol. The number of carbonyl (C=O) groups excluding carboxylic acids is 1. The lowest BCUT2D eigenvalue weighted by molar-refractivity contribution is -0.384. The van der Waals surface area contributed by atoms with Gasteiger partial charge in [-0.15, -0.1) is 0 Å². The Bertz CT molecular complexity index is 906. The summed E-state index contributed by atoms with van der Waals surface area (Å²) in [6, 6.07) is 12.5. The number of furan rings is 1. The molecule has 0 aliphatic carbocycles. The van der Waals surface area contributed by atoms with Gasteiger partial charge in [0.1, 0.15) is 11.6 Å². The second-order valence-corrected chi connectivity index (χ2v) is 5.67. The van der Waals surface area contributed by atoms with Gasteiger partial charge in [-0.2, -0.15) is 0 Å². The van der Waals surface area contributed by atoms with Gasteiger partial charge < -0.3 is 9.73 Å². The fraction of sp³-hybridized carbons (Fsp3) is 0. The maximum atomic E-state index is 12.2. The van der Waals surface area contributed by atoms with Crippen LogP contribution in [0.4, 0.5) is 11.5 Å². The topological polar surface area (TPSA) is 98.3 Å². The van der Waals surface area contributed by atoms with Crippen LogP contribution in [0.25, 0.3) is 11.3 Å². The Morgan fingerprint density at radius 3 is 2.67 bits per heavy atom. The molecule has 24 heavy (non-hydrogen) atoms. The molecule has 0 aliphatic heterocycles. The first-order valence-corrected chi connectivity index (χ1v) is 7.60. The second-order valence-electron chi connectivity index (χ2n) is 4.75. The maximum absolute atomic E-state index is 12.2. The molecule has 3 aromatic rings. The van der Waals surface area contributed by atoms with Gasteiger partial charge in [0.15, 0.2) is 5.76 Å². The van der Waals surface area contributed by atoms with Gasteiger partial charge in [0.25, 0.3) is 11.6 Å². The van der Waals surface area contributed by atoms with Crippen molar-refractivity contribution in [1.29, 1.82) is 0 Å². The first-order valence-electron chi connectivity index (χ1n) is 6.81. The zero-order valence-corrected chi connectivity index (χ0v) is 13.7. The summed E-state index contributed by atoms with van der Waals surface area (Å²) in [5.74, 6) is 0.158. The Kier molecular flexibility index (Phi) is 4.39. The molecule has 8 heteroatoms. The van der Waals surface area contributed by atoms with Crippen molar-refractivity contribution in [1.82, 2.24) is 4.98 Å². The molecule has 2 heterocycles. The molecular weight excluding hydrogens is 378 g/mol. The molecule has 3 rings (SSSR count). The van der Waals surface area contributed by atoms with Crippen molar-refractivity contribution in [3.8, 4) is 11.3 Å². The number of anilines is 1. The quantitative estimate of drug-likeness (QED) is 0.532. The van der Waals surface area contributed by atoms with Crippen LogP contribution in [0.5, 0.6) is 0 Å². The molecule has 1 aromatic carbocycles. The van der Waals surface area contributed by atoms with Crippen LogP contribution in [0.3, 0.4) is 0 Å². The summed E-state index contributed by atoms with van der Waals surface area (Å²) < 4.78 is 6.25. The van der Waals surface area contributed by atoms with Crippen molar-refractivity contribution < 1.29 is 14.1 Å². The van der Waals surface area contributed by atoms with E-state index in [0.717, 1.165) is 4.47 Å². The number of hydrogen-bond acceptors (Lipinski definition) is 5. The zero-order valence-electron chi connectivity index (χ0n) is 12.1. The number of hydrogen-bond donors (Lipinski definition) is 1. The van der Waals surface area contributed by atoms with E-state index in [1.165, 1.54) is 18.2 Å². The number of nitro benzene ring substituents is 1. The molecule has 0 spiro atoms. The van der Waals surface area contributed by atoms with E-state index in [9.17, 15) is 14.9 Å². The molecule has 0 bridgehead atoms. The summed E-state index contributed by atoms with van der Waals surface area (Å²) >= 11 is 3.26. The highest BCUT2D eigenvalue weighted by Crippen LogP contribution is 2.30. The minimum absolute atomic E-state index is 0.0351. The predicted octanol–water partition coefficient (Wildman–Crippen LogP) is 4.26. The van der Waals surface area contributed by atoms with Crippen LogP contribution < -0.4 is 5.32 Å². The van der Waals surface area contributed by atoms with E-state index in [1.807, 2.05) is 0 Å². The summed E-state index contributed by atoms with van der Waals surface area (Å²) in [6.45, 7) is 0. The molecule has 0 fully saturated rings. The van der Waals surface area contributed by atoms with E-state index in [4.69, 9.17) is 4.42 Å². The molecule has 2 aromatic heterocycles. The zero-order chi connectivity index (χ0) is 17.1. The Labute approximate surface area is 144 Å². The third-order valence-electron chi connectivity index (χ3n) is 3.16. The third kappa shape index (κ3) is 3.33. The number of nitrogens with zero attached hydrogens (tertiary/aromatic N) is 2. The lowest BCUT2D eigenvalue weighted by atomic mass is 10.1. The minimum Gasteiger partial charge on any atom is -0.451 e. The Hall–Kier alpha value is -3.00. The standard InChI is InChI=1S/C16H10BrN3O4/c17-10-5-8-15(18-9-10)19-16(21)14-7-6-13(24-14)11-3-1-2-4-12(11)20(22)23/h1-9H,(H,18,19,21). The number of aromatic nitrogens is 1. The number of amides is 1. The van der Waals surface area contributed by atoms with Gasteiger partial charge in [0.05, 0.1) is 10.5 Å². The first-order chi connectivity index (χ1) is 11.5. The molecule has 0 saturated carbocycles. The lowest BCUT2D eigenvalue weighted by Gasteiger charge is -2.02. The normalized spacial score (nSPS) is 10.4.